The number of hydrogen-bond donors (Lipinski definition) is 1. The first-order chi connectivity index (χ1) is 8.76. The number of aromatic nitrogens is 2. The molecule has 0 spiro atoms. The van der Waals surface area contributed by atoms with Crippen molar-refractivity contribution in [1.29, 1.82) is 0 Å². The predicted molar refractivity (Wildman–Crippen MR) is 74.3 cm³/mol. The zero-order chi connectivity index (χ0) is 13.0. The van der Waals surface area contributed by atoms with Gasteiger partial charge < -0.3 is 10.3 Å². The Morgan fingerprint density at radius 3 is 2.94 bits per heavy atom. The van der Waals surface area contributed by atoms with Crippen molar-refractivity contribution < 1.29 is 0 Å². The number of hydrogen-bond acceptors (Lipinski definition) is 3. The van der Waals surface area contributed by atoms with E-state index in [9.17, 15) is 0 Å². The van der Waals surface area contributed by atoms with Gasteiger partial charge in [0.2, 0.25) is 0 Å². The maximum absolute atomic E-state index is 5.89. The molecule has 1 saturated carbocycles. The molecule has 1 aliphatic carbocycles. The molecule has 1 heterocycles. The SMILES string of the molecule is CCN(CCc1nccn1C)C1CCCC1CN. The van der Waals surface area contributed by atoms with Crippen LogP contribution in [0.1, 0.15) is 32.0 Å². The maximum atomic E-state index is 5.89. The lowest BCUT2D eigenvalue weighted by molar-refractivity contribution is 0.171. The Labute approximate surface area is 110 Å². The molecule has 1 aliphatic rings. The number of nitrogens with zero attached hydrogens (tertiary/aromatic N) is 3. The van der Waals surface area contributed by atoms with Crippen LogP contribution in [0.25, 0.3) is 0 Å². The number of nitrogens with two attached hydrogens (primary N) is 1. The lowest BCUT2D eigenvalue weighted by Crippen LogP contribution is -2.41. The molecule has 1 aromatic heterocycles. The van der Waals surface area contributed by atoms with Crippen molar-refractivity contribution in [2.45, 2.75) is 38.6 Å². The number of imidazole rings is 1. The summed E-state index contributed by atoms with van der Waals surface area (Å²) >= 11 is 0. The molecule has 2 N–H and O–H groups in total. The van der Waals surface area contributed by atoms with Gasteiger partial charge in [-0.15, -0.1) is 0 Å². The maximum Gasteiger partial charge on any atom is 0.109 e. The van der Waals surface area contributed by atoms with Crippen molar-refractivity contribution in [2.24, 2.45) is 18.7 Å². The highest BCUT2D eigenvalue weighted by Crippen LogP contribution is 2.29. The van der Waals surface area contributed by atoms with Gasteiger partial charge in [0, 0.05) is 38.4 Å². The summed E-state index contributed by atoms with van der Waals surface area (Å²) < 4.78 is 2.11. The first-order valence-electron chi connectivity index (χ1n) is 7.16. The van der Waals surface area contributed by atoms with Crippen molar-refractivity contribution in [1.82, 2.24) is 14.5 Å². The molecule has 4 nitrogen and oxygen atoms in total. The van der Waals surface area contributed by atoms with E-state index in [4.69, 9.17) is 5.73 Å². The Hall–Kier alpha value is -0.870. The molecule has 0 bridgehead atoms. The van der Waals surface area contributed by atoms with E-state index in [1.807, 2.05) is 12.4 Å². The normalized spacial score (nSPS) is 24.0. The summed E-state index contributed by atoms with van der Waals surface area (Å²) in [5.74, 6) is 1.88. The van der Waals surface area contributed by atoms with E-state index >= 15 is 0 Å². The minimum atomic E-state index is 0.695. The van der Waals surface area contributed by atoms with Gasteiger partial charge in [-0.25, -0.2) is 4.98 Å². The molecule has 2 unspecified atom stereocenters. The lowest BCUT2D eigenvalue weighted by Gasteiger charge is -2.31. The van der Waals surface area contributed by atoms with Crippen molar-refractivity contribution in [3.63, 3.8) is 0 Å². The fourth-order valence-corrected chi connectivity index (χ4v) is 3.21. The molecule has 1 aromatic rings. The molecular weight excluding hydrogens is 224 g/mol. The molecule has 102 valence electrons. The fraction of sp³-hybridized carbons (Fsp3) is 0.786. The van der Waals surface area contributed by atoms with E-state index in [-0.39, 0.29) is 0 Å². The Morgan fingerprint density at radius 1 is 1.50 bits per heavy atom. The largest absolute Gasteiger partial charge is 0.338 e. The van der Waals surface area contributed by atoms with Crippen LogP contribution >= 0.6 is 0 Å². The summed E-state index contributed by atoms with van der Waals surface area (Å²) in [7, 11) is 2.07. The van der Waals surface area contributed by atoms with Gasteiger partial charge in [0.05, 0.1) is 0 Å². The van der Waals surface area contributed by atoms with Crippen LogP contribution in [-0.4, -0.2) is 40.1 Å². The average molecular weight is 250 g/mol. The van der Waals surface area contributed by atoms with Crippen molar-refractivity contribution >= 4 is 0 Å². The third-order valence-corrected chi connectivity index (χ3v) is 4.34. The van der Waals surface area contributed by atoms with Crippen LogP contribution in [0.4, 0.5) is 0 Å². The number of aryl methyl sites for hydroxylation is 1. The van der Waals surface area contributed by atoms with Crippen LogP contribution in [0.5, 0.6) is 0 Å². The van der Waals surface area contributed by atoms with Gasteiger partial charge in [0.25, 0.3) is 0 Å². The third kappa shape index (κ3) is 2.93. The van der Waals surface area contributed by atoms with Gasteiger partial charge in [-0.2, -0.15) is 0 Å². The quantitative estimate of drug-likeness (QED) is 0.830. The fourth-order valence-electron chi connectivity index (χ4n) is 3.21. The van der Waals surface area contributed by atoms with E-state index in [1.54, 1.807) is 0 Å². The molecule has 1 fully saturated rings. The molecule has 4 heteroatoms. The van der Waals surface area contributed by atoms with Crippen molar-refractivity contribution in [3.8, 4) is 0 Å². The first kappa shape index (κ1) is 13.6. The zero-order valence-electron chi connectivity index (χ0n) is 11.7. The van der Waals surface area contributed by atoms with Gasteiger partial charge in [-0.3, -0.25) is 4.90 Å². The van der Waals surface area contributed by atoms with Crippen LogP contribution in [0.2, 0.25) is 0 Å². The zero-order valence-corrected chi connectivity index (χ0v) is 11.7. The van der Waals surface area contributed by atoms with E-state index in [1.165, 1.54) is 25.1 Å². The Bertz CT molecular complexity index is 360. The molecule has 0 aromatic carbocycles. The monoisotopic (exact) mass is 250 g/mol. The minimum absolute atomic E-state index is 0.695. The van der Waals surface area contributed by atoms with Crippen LogP contribution in [-0.2, 0) is 13.5 Å². The second-order valence-electron chi connectivity index (χ2n) is 5.33. The Balaban J connectivity index is 1.91. The topological polar surface area (TPSA) is 47.1 Å². The van der Waals surface area contributed by atoms with Gasteiger partial charge in [0.15, 0.2) is 0 Å². The second kappa shape index (κ2) is 6.34. The molecule has 0 amide bonds. The molecule has 0 saturated heterocycles. The van der Waals surface area contributed by atoms with Crippen LogP contribution in [0.3, 0.4) is 0 Å². The first-order valence-corrected chi connectivity index (χ1v) is 7.16. The molecule has 0 aliphatic heterocycles. The van der Waals surface area contributed by atoms with Gasteiger partial charge in [-0.1, -0.05) is 13.3 Å². The van der Waals surface area contributed by atoms with E-state index in [2.05, 4.69) is 28.4 Å². The van der Waals surface area contributed by atoms with E-state index in [0.717, 1.165) is 26.1 Å². The van der Waals surface area contributed by atoms with Gasteiger partial charge >= 0.3 is 0 Å². The van der Waals surface area contributed by atoms with Crippen LogP contribution < -0.4 is 5.73 Å². The standard InChI is InChI=1S/C14H26N4/c1-3-18(13-6-4-5-12(13)11-15)9-7-14-16-8-10-17(14)2/h8,10,12-13H,3-7,9,11,15H2,1-2H3. The average Bonchev–Trinajstić information content (AvgIpc) is 2.99. The number of likely N-dealkylation sites (N-methyl/N-ethyl adjacent to an activating group) is 1. The highest BCUT2D eigenvalue weighted by atomic mass is 15.2. The van der Waals surface area contributed by atoms with Crippen molar-refractivity contribution in [2.75, 3.05) is 19.6 Å². The summed E-state index contributed by atoms with van der Waals surface area (Å²) in [4.78, 5) is 7.00. The van der Waals surface area contributed by atoms with E-state index < -0.39 is 0 Å². The van der Waals surface area contributed by atoms with Crippen LogP contribution in [0, 0.1) is 5.92 Å². The Kier molecular flexibility index (Phi) is 4.78. The summed E-state index contributed by atoms with van der Waals surface area (Å²) in [5, 5.41) is 0. The molecule has 0 radical (unpaired) electrons. The summed E-state index contributed by atoms with van der Waals surface area (Å²) in [5.41, 5.74) is 5.89. The van der Waals surface area contributed by atoms with Gasteiger partial charge in [-0.05, 0) is 31.8 Å². The van der Waals surface area contributed by atoms with E-state index in [0.29, 0.717) is 12.0 Å². The lowest BCUT2D eigenvalue weighted by atomic mass is 10.0. The minimum Gasteiger partial charge on any atom is -0.338 e. The smallest absolute Gasteiger partial charge is 0.109 e. The highest BCUT2D eigenvalue weighted by Gasteiger charge is 2.30. The predicted octanol–water partition coefficient (Wildman–Crippen LogP) is 1.41. The summed E-state index contributed by atoms with van der Waals surface area (Å²) in [6, 6.07) is 0.695. The molecule has 2 rings (SSSR count). The molecule has 2 atom stereocenters. The number of rotatable bonds is 6. The summed E-state index contributed by atoms with van der Waals surface area (Å²) in [6.45, 7) is 5.31. The highest BCUT2D eigenvalue weighted by molar-refractivity contribution is 4.93. The third-order valence-electron chi connectivity index (χ3n) is 4.34. The molecule has 18 heavy (non-hydrogen) atoms. The molecular formula is C14H26N4. The summed E-state index contributed by atoms with van der Waals surface area (Å²) in [6.07, 6.45) is 8.89. The van der Waals surface area contributed by atoms with Crippen molar-refractivity contribution in [3.05, 3.63) is 18.2 Å². The second-order valence-corrected chi connectivity index (χ2v) is 5.33. The van der Waals surface area contributed by atoms with Gasteiger partial charge in [0.1, 0.15) is 5.82 Å². The van der Waals surface area contributed by atoms with Crippen LogP contribution in [0.15, 0.2) is 12.4 Å². The Morgan fingerprint density at radius 2 is 2.33 bits per heavy atom.